The summed E-state index contributed by atoms with van der Waals surface area (Å²) in [5.41, 5.74) is 0.826. The van der Waals surface area contributed by atoms with Gasteiger partial charge in [-0.2, -0.15) is 0 Å². The SMILES string of the molecule is CCCCn1cc(S(=O)(=O)Cl)c2c(OC)cccc21. The van der Waals surface area contributed by atoms with Crippen molar-refractivity contribution in [3.63, 3.8) is 0 Å². The van der Waals surface area contributed by atoms with E-state index >= 15 is 0 Å². The maximum atomic E-state index is 11.7. The van der Waals surface area contributed by atoms with Crippen molar-refractivity contribution in [3.05, 3.63) is 24.4 Å². The summed E-state index contributed by atoms with van der Waals surface area (Å²) in [6, 6.07) is 5.45. The molecule has 0 aliphatic rings. The highest BCUT2D eigenvalue weighted by atomic mass is 35.7. The number of hydrogen-bond donors (Lipinski definition) is 0. The molecule has 0 saturated heterocycles. The predicted molar refractivity (Wildman–Crippen MR) is 76.4 cm³/mol. The van der Waals surface area contributed by atoms with Gasteiger partial charge in [0.05, 0.1) is 18.0 Å². The number of fused-ring (bicyclic) bond motifs is 1. The van der Waals surface area contributed by atoms with Gasteiger partial charge in [-0.25, -0.2) is 8.42 Å². The minimum Gasteiger partial charge on any atom is -0.496 e. The zero-order valence-electron chi connectivity index (χ0n) is 10.9. The van der Waals surface area contributed by atoms with E-state index in [0.29, 0.717) is 11.1 Å². The molecule has 0 fully saturated rings. The molecule has 0 unspecified atom stereocenters. The molecule has 104 valence electrons. The predicted octanol–water partition coefficient (Wildman–Crippen LogP) is 3.38. The third kappa shape index (κ3) is 2.72. The van der Waals surface area contributed by atoms with Crippen LogP contribution in [0.3, 0.4) is 0 Å². The van der Waals surface area contributed by atoms with Gasteiger partial charge in [0.25, 0.3) is 9.05 Å². The minimum absolute atomic E-state index is 0.109. The molecule has 2 rings (SSSR count). The second-order valence-corrected chi connectivity index (χ2v) is 6.87. The Bertz CT molecular complexity index is 691. The van der Waals surface area contributed by atoms with E-state index in [-0.39, 0.29) is 4.90 Å². The Morgan fingerprint density at radius 3 is 2.68 bits per heavy atom. The van der Waals surface area contributed by atoms with Crippen molar-refractivity contribution in [2.24, 2.45) is 0 Å². The van der Waals surface area contributed by atoms with E-state index in [4.69, 9.17) is 15.4 Å². The van der Waals surface area contributed by atoms with E-state index in [1.807, 2.05) is 16.7 Å². The topological polar surface area (TPSA) is 48.3 Å². The number of aromatic nitrogens is 1. The van der Waals surface area contributed by atoms with Gasteiger partial charge in [0.2, 0.25) is 0 Å². The lowest BCUT2D eigenvalue weighted by molar-refractivity contribution is 0.419. The largest absolute Gasteiger partial charge is 0.496 e. The summed E-state index contributed by atoms with van der Waals surface area (Å²) >= 11 is 0. The zero-order valence-corrected chi connectivity index (χ0v) is 12.5. The van der Waals surface area contributed by atoms with E-state index in [2.05, 4.69) is 6.92 Å². The lowest BCUT2D eigenvalue weighted by atomic mass is 10.2. The number of hydrogen-bond acceptors (Lipinski definition) is 3. The Hall–Kier alpha value is -1.20. The van der Waals surface area contributed by atoms with Gasteiger partial charge in [-0.3, -0.25) is 0 Å². The molecule has 0 aliphatic carbocycles. The fraction of sp³-hybridized carbons (Fsp3) is 0.385. The van der Waals surface area contributed by atoms with Crippen molar-refractivity contribution in [2.45, 2.75) is 31.2 Å². The van der Waals surface area contributed by atoms with Gasteiger partial charge >= 0.3 is 0 Å². The first kappa shape index (κ1) is 14.2. The van der Waals surface area contributed by atoms with E-state index < -0.39 is 9.05 Å². The summed E-state index contributed by atoms with van der Waals surface area (Å²) in [4.78, 5) is 0.109. The third-order valence-corrected chi connectivity index (χ3v) is 4.40. The minimum atomic E-state index is -3.79. The number of ether oxygens (including phenoxy) is 1. The summed E-state index contributed by atoms with van der Waals surface area (Å²) in [6.07, 6.45) is 3.60. The number of nitrogens with zero attached hydrogens (tertiary/aromatic N) is 1. The van der Waals surface area contributed by atoms with Crippen LogP contribution < -0.4 is 4.74 Å². The van der Waals surface area contributed by atoms with Crippen molar-refractivity contribution in [2.75, 3.05) is 7.11 Å². The Labute approximate surface area is 117 Å². The number of aryl methyl sites for hydroxylation is 1. The van der Waals surface area contributed by atoms with Crippen LogP contribution >= 0.6 is 10.7 Å². The highest BCUT2D eigenvalue weighted by Gasteiger charge is 2.21. The molecule has 0 spiro atoms. The molecule has 1 aromatic heterocycles. The lowest BCUT2D eigenvalue weighted by Crippen LogP contribution is -1.95. The van der Waals surface area contributed by atoms with Crippen LogP contribution in [0.1, 0.15) is 19.8 Å². The lowest BCUT2D eigenvalue weighted by Gasteiger charge is -2.05. The highest BCUT2D eigenvalue weighted by molar-refractivity contribution is 8.14. The number of rotatable bonds is 5. The van der Waals surface area contributed by atoms with Crippen molar-refractivity contribution < 1.29 is 13.2 Å². The molecule has 0 bridgehead atoms. The Kier molecular flexibility index (Phi) is 4.06. The van der Waals surface area contributed by atoms with Crippen LogP contribution in [-0.4, -0.2) is 20.1 Å². The number of benzene rings is 1. The first-order valence-corrected chi connectivity index (χ1v) is 8.40. The van der Waals surface area contributed by atoms with Crippen LogP contribution in [0.15, 0.2) is 29.3 Å². The summed E-state index contributed by atoms with van der Waals surface area (Å²) < 4.78 is 30.6. The van der Waals surface area contributed by atoms with E-state index in [1.54, 1.807) is 12.3 Å². The number of halogens is 1. The van der Waals surface area contributed by atoms with Gasteiger partial charge in [-0.15, -0.1) is 0 Å². The Morgan fingerprint density at radius 2 is 2.11 bits per heavy atom. The van der Waals surface area contributed by atoms with Crippen molar-refractivity contribution in [3.8, 4) is 5.75 Å². The molecule has 1 heterocycles. The molecular formula is C13H16ClNO3S. The maximum Gasteiger partial charge on any atom is 0.263 e. The van der Waals surface area contributed by atoms with Gasteiger partial charge in [-0.1, -0.05) is 19.4 Å². The third-order valence-electron chi connectivity index (χ3n) is 3.07. The molecule has 6 heteroatoms. The first-order valence-electron chi connectivity index (χ1n) is 6.09. The molecule has 0 amide bonds. The molecule has 2 aromatic rings. The van der Waals surface area contributed by atoms with Crippen LogP contribution in [0.2, 0.25) is 0 Å². The summed E-state index contributed by atoms with van der Waals surface area (Å²) in [7, 11) is 3.24. The summed E-state index contributed by atoms with van der Waals surface area (Å²) in [5, 5.41) is 0.552. The number of unbranched alkanes of at least 4 members (excludes halogenated alkanes) is 1. The van der Waals surface area contributed by atoms with Crippen molar-refractivity contribution in [1.29, 1.82) is 0 Å². The van der Waals surface area contributed by atoms with Gasteiger partial charge in [0.1, 0.15) is 10.6 Å². The average Bonchev–Trinajstić information content (AvgIpc) is 2.75. The second kappa shape index (κ2) is 5.43. The van der Waals surface area contributed by atoms with E-state index in [1.165, 1.54) is 7.11 Å². The molecule has 0 radical (unpaired) electrons. The normalized spacial score (nSPS) is 11.9. The molecular weight excluding hydrogens is 286 g/mol. The van der Waals surface area contributed by atoms with E-state index in [9.17, 15) is 8.42 Å². The zero-order chi connectivity index (χ0) is 14.0. The number of methoxy groups -OCH3 is 1. The van der Waals surface area contributed by atoms with Gasteiger partial charge < -0.3 is 9.30 Å². The second-order valence-electron chi connectivity index (χ2n) is 4.33. The highest BCUT2D eigenvalue weighted by Crippen LogP contribution is 2.35. The first-order chi connectivity index (χ1) is 8.99. The summed E-state index contributed by atoms with van der Waals surface area (Å²) in [6.45, 7) is 2.85. The fourth-order valence-corrected chi connectivity index (χ4v) is 3.20. The van der Waals surface area contributed by atoms with Crippen LogP contribution in [0, 0.1) is 0 Å². The van der Waals surface area contributed by atoms with E-state index in [0.717, 1.165) is 24.9 Å². The molecule has 4 nitrogen and oxygen atoms in total. The van der Waals surface area contributed by atoms with Crippen molar-refractivity contribution >= 4 is 30.6 Å². The monoisotopic (exact) mass is 301 g/mol. The smallest absolute Gasteiger partial charge is 0.263 e. The van der Waals surface area contributed by atoms with Crippen LogP contribution in [0.4, 0.5) is 0 Å². The van der Waals surface area contributed by atoms with Crippen LogP contribution in [0.5, 0.6) is 5.75 Å². The standard InChI is InChI=1S/C13H16ClNO3S/c1-3-4-8-15-9-12(19(14,16)17)13-10(15)6-5-7-11(13)18-2/h5-7,9H,3-4,8H2,1-2H3. The quantitative estimate of drug-likeness (QED) is 0.796. The molecule has 0 saturated carbocycles. The average molecular weight is 302 g/mol. The van der Waals surface area contributed by atoms with Crippen LogP contribution in [0.25, 0.3) is 10.9 Å². The summed E-state index contributed by atoms with van der Waals surface area (Å²) in [5.74, 6) is 0.520. The maximum absolute atomic E-state index is 11.7. The van der Waals surface area contributed by atoms with Gasteiger partial charge in [0, 0.05) is 23.4 Å². The van der Waals surface area contributed by atoms with Gasteiger partial charge in [0.15, 0.2) is 0 Å². The Morgan fingerprint density at radius 1 is 1.37 bits per heavy atom. The molecule has 19 heavy (non-hydrogen) atoms. The molecule has 1 aromatic carbocycles. The molecule has 0 atom stereocenters. The van der Waals surface area contributed by atoms with Crippen molar-refractivity contribution in [1.82, 2.24) is 4.57 Å². The molecule has 0 N–H and O–H groups in total. The Balaban J connectivity index is 2.74. The van der Waals surface area contributed by atoms with Gasteiger partial charge in [-0.05, 0) is 18.6 Å². The van der Waals surface area contributed by atoms with Crippen LogP contribution in [-0.2, 0) is 15.6 Å². The fourth-order valence-electron chi connectivity index (χ4n) is 2.15. The molecule has 0 aliphatic heterocycles.